The largest absolute Gasteiger partial charge is 0.374 e. The minimum absolute atomic E-state index is 0.0227. The second-order valence-corrected chi connectivity index (χ2v) is 5.77. The lowest BCUT2D eigenvalue weighted by Gasteiger charge is -2.22. The van der Waals surface area contributed by atoms with Gasteiger partial charge >= 0.3 is 0 Å². The quantitative estimate of drug-likeness (QED) is 0.743. The molecule has 106 valence electrons. The van der Waals surface area contributed by atoms with Crippen molar-refractivity contribution in [2.24, 2.45) is 0 Å². The Kier molecular flexibility index (Phi) is 6.31. The zero-order valence-corrected chi connectivity index (χ0v) is 12.9. The maximum Gasteiger partial charge on any atom is 0.157 e. The van der Waals surface area contributed by atoms with Crippen molar-refractivity contribution in [3.05, 3.63) is 33.8 Å². The third kappa shape index (κ3) is 5.61. The van der Waals surface area contributed by atoms with Gasteiger partial charge in [-0.2, -0.15) is 0 Å². The van der Waals surface area contributed by atoms with Crippen LogP contribution in [0.4, 0.5) is 0 Å². The molecular weight excluding hydrogens is 308 g/mol. The zero-order chi connectivity index (χ0) is 13.5. The highest BCUT2D eigenvalue weighted by Gasteiger charge is 2.13. The first-order chi connectivity index (χ1) is 9.24. The molecule has 1 aromatic carbocycles. The van der Waals surface area contributed by atoms with E-state index in [1.165, 1.54) is 17.5 Å². The van der Waals surface area contributed by atoms with Crippen molar-refractivity contribution < 1.29 is 14.2 Å². The molecule has 1 unspecified atom stereocenters. The van der Waals surface area contributed by atoms with Crippen molar-refractivity contribution in [2.75, 3.05) is 19.8 Å². The predicted octanol–water partition coefficient (Wildman–Crippen LogP) is 3.82. The maximum absolute atomic E-state index is 5.62. The molecule has 0 spiro atoms. The number of rotatable bonds is 6. The van der Waals surface area contributed by atoms with Crippen molar-refractivity contribution in [2.45, 2.75) is 39.1 Å². The van der Waals surface area contributed by atoms with Gasteiger partial charge in [-0.3, -0.25) is 0 Å². The SMILES string of the molecule is Cc1cc(Br)cc(COCCOC2CCCCO2)c1. The molecule has 0 aromatic heterocycles. The van der Waals surface area contributed by atoms with E-state index in [1.807, 2.05) is 0 Å². The van der Waals surface area contributed by atoms with Crippen LogP contribution < -0.4 is 0 Å². The first kappa shape index (κ1) is 15.0. The molecule has 1 atom stereocenters. The Balaban J connectivity index is 1.60. The molecule has 1 aromatic rings. The van der Waals surface area contributed by atoms with Crippen LogP contribution in [0.1, 0.15) is 30.4 Å². The Morgan fingerprint density at radius 1 is 1.26 bits per heavy atom. The summed E-state index contributed by atoms with van der Waals surface area (Å²) in [6.45, 7) is 4.72. The van der Waals surface area contributed by atoms with Crippen LogP contribution in [-0.4, -0.2) is 26.1 Å². The molecule has 3 nitrogen and oxygen atoms in total. The van der Waals surface area contributed by atoms with Gasteiger partial charge in [-0.05, 0) is 49.4 Å². The monoisotopic (exact) mass is 328 g/mol. The molecule has 0 radical (unpaired) electrons. The summed E-state index contributed by atoms with van der Waals surface area (Å²) < 4.78 is 17.8. The molecule has 0 aliphatic carbocycles. The fraction of sp³-hybridized carbons (Fsp3) is 0.600. The summed E-state index contributed by atoms with van der Waals surface area (Å²) in [5.41, 5.74) is 2.42. The van der Waals surface area contributed by atoms with Gasteiger partial charge in [-0.25, -0.2) is 0 Å². The number of benzene rings is 1. The van der Waals surface area contributed by atoms with Crippen LogP contribution >= 0.6 is 15.9 Å². The first-order valence-electron chi connectivity index (χ1n) is 6.81. The standard InChI is InChI=1S/C15H21BrO3/c1-12-8-13(10-14(16)9-12)11-17-6-7-19-15-4-2-3-5-18-15/h8-10,15H,2-7,11H2,1H3. The normalized spacial score (nSPS) is 19.6. The highest BCUT2D eigenvalue weighted by Crippen LogP contribution is 2.16. The van der Waals surface area contributed by atoms with Crippen LogP contribution in [0.3, 0.4) is 0 Å². The fourth-order valence-electron chi connectivity index (χ4n) is 2.17. The second kappa shape index (κ2) is 8.00. The minimum atomic E-state index is -0.0227. The summed E-state index contributed by atoms with van der Waals surface area (Å²) in [5.74, 6) is 0. The molecule has 19 heavy (non-hydrogen) atoms. The van der Waals surface area contributed by atoms with Gasteiger partial charge in [-0.15, -0.1) is 0 Å². The van der Waals surface area contributed by atoms with Gasteiger partial charge in [0.1, 0.15) is 0 Å². The van der Waals surface area contributed by atoms with Gasteiger partial charge in [0.15, 0.2) is 6.29 Å². The highest BCUT2D eigenvalue weighted by molar-refractivity contribution is 9.10. The van der Waals surface area contributed by atoms with Gasteiger partial charge in [0.2, 0.25) is 0 Å². The van der Waals surface area contributed by atoms with Gasteiger partial charge in [0, 0.05) is 11.1 Å². The van der Waals surface area contributed by atoms with Crippen LogP contribution in [-0.2, 0) is 20.8 Å². The van der Waals surface area contributed by atoms with E-state index in [0.717, 1.165) is 23.9 Å². The number of hydrogen-bond acceptors (Lipinski definition) is 3. The Morgan fingerprint density at radius 3 is 2.89 bits per heavy atom. The van der Waals surface area contributed by atoms with Crippen LogP contribution in [0.25, 0.3) is 0 Å². The van der Waals surface area contributed by atoms with Crippen LogP contribution in [0.15, 0.2) is 22.7 Å². The second-order valence-electron chi connectivity index (χ2n) is 4.86. The Bertz CT molecular complexity index is 369. The summed E-state index contributed by atoms with van der Waals surface area (Å²) in [7, 11) is 0. The summed E-state index contributed by atoms with van der Waals surface area (Å²) in [4.78, 5) is 0. The van der Waals surface area contributed by atoms with Crippen molar-refractivity contribution >= 4 is 15.9 Å². The van der Waals surface area contributed by atoms with E-state index in [1.54, 1.807) is 0 Å². The van der Waals surface area contributed by atoms with E-state index in [9.17, 15) is 0 Å². The highest BCUT2D eigenvalue weighted by atomic mass is 79.9. The molecule has 1 heterocycles. The lowest BCUT2D eigenvalue weighted by Crippen LogP contribution is -2.23. The van der Waals surface area contributed by atoms with Crippen LogP contribution in [0.5, 0.6) is 0 Å². The first-order valence-corrected chi connectivity index (χ1v) is 7.60. The van der Waals surface area contributed by atoms with Crippen LogP contribution in [0, 0.1) is 6.92 Å². The predicted molar refractivity (Wildman–Crippen MR) is 78.1 cm³/mol. The third-order valence-electron chi connectivity index (χ3n) is 3.04. The molecule has 1 fully saturated rings. The number of aryl methyl sites for hydroxylation is 1. The van der Waals surface area contributed by atoms with E-state index >= 15 is 0 Å². The average molecular weight is 329 g/mol. The Labute approximate surface area is 123 Å². The average Bonchev–Trinajstić information content (AvgIpc) is 2.38. The Morgan fingerprint density at radius 2 is 2.16 bits per heavy atom. The van der Waals surface area contributed by atoms with E-state index in [0.29, 0.717) is 19.8 Å². The number of halogens is 1. The molecule has 4 heteroatoms. The molecule has 0 bridgehead atoms. The molecule has 0 saturated carbocycles. The Hall–Kier alpha value is -0.420. The minimum Gasteiger partial charge on any atom is -0.374 e. The van der Waals surface area contributed by atoms with Gasteiger partial charge < -0.3 is 14.2 Å². The molecule has 1 aliphatic heterocycles. The van der Waals surface area contributed by atoms with Crippen molar-refractivity contribution in [1.29, 1.82) is 0 Å². The lowest BCUT2D eigenvalue weighted by molar-refractivity contribution is -0.169. The molecule has 1 aliphatic rings. The topological polar surface area (TPSA) is 27.7 Å². The summed E-state index contributed by atoms with van der Waals surface area (Å²) >= 11 is 3.49. The van der Waals surface area contributed by atoms with E-state index in [-0.39, 0.29) is 6.29 Å². The summed E-state index contributed by atoms with van der Waals surface area (Å²) in [5, 5.41) is 0. The van der Waals surface area contributed by atoms with Gasteiger partial charge in [0.25, 0.3) is 0 Å². The molecule has 0 N–H and O–H groups in total. The van der Waals surface area contributed by atoms with Crippen molar-refractivity contribution in [3.63, 3.8) is 0 Å². The zero-order valence-electron chi connectivity index (χ0n) is 11.4. The summed E-state index contributed by atoms with van der Waals surface area (Å²) in [6.07, 6.45) is 3.33. The van der Waals surface area contributed by atoms with E-state index in [2.05, 4.69) is 41.1 Å². The van der Waals surface area contributed by atoms with Gasteiger partial charge in [0.05, 0.1) is 19.8 Å². The van der Waals surface area contributed by atoms with E-state index in [4.69, 9.17) is 14.2 Å². The fourth-order valence-corrected chi connectivity index (χ4v) is 2.82. The molecular formula is C15H21BrO3. The van der Waals surface area contributed by atoms with Crippen molar-refractivity contribution in [1.82, 2.24) is 0 Å². The maximum atomic E-state index is 5.62. The smallest absolute Gasteiger partial charge is 0.157 e. The van der Waals surface area contributed by atoms with Crippen LogP contribution in [0.2, 0.25) is 0 Å². The van der Waals surface area contributed by atoms with Gasteiger partial charge in [-0.1, -0.05) is 22.0 Å². The molecule has 1 saturated heterocycles. The number of hydrogen-bond donors (Lipinski definition) is 0. The molecule has 0 amide bonds. The summed E-state index contributed by atoms with van der Waals surface area (Å²) in [6, 6.07) is 6.31. The van der Waals surface area contributed by atoms with E-state index < -0.39 is 0 Å². The third-order valence-corrected chi connectivity index (χ3v) is 3.50. The lowest BCUT2D eigenvalue weighted by atomic mass is 10.1. The van der Waals surface area contributed by atoms with Crippen molar-refractivity contribution in [3.8, 4) is 0 Å². The number of ether oxygens (including phenoxy) is 3. The molecule has 2 rings (SSSR count).